The summed E-state index contributed by atoms with van der Waals surface area (Å²) in [5.74, 6) is 1.86. The molecule has 112 valence electrons. The maximum Gasteiger partial charge on any atom is 0.231 e. The van der Waals surface area contributed by atoms with Crippen molar-refractivity contribution in [3.63, 3.8) is 0 Å². The van der Waals surface area contributed by atoms with Crippen LogP contribution in [0.25, 0.3) is 0 Å². The van der Waals surface area contributed by atoms with Crippen LogP contribution in [0.1, 0.15) is 32.6 Å². The minimum atomic E-state index is -0.272. The van der Waals surface area contributed by atoms with Crippen LogP contribution in [-0.4, -0.2) is 52.8 Å². The van der Waals surface area contributed by atoms with Crippen LogP contribution < -0.4 is 15.5 Å². The van der Waals surface area contributed by atoms with Crippen molar-refractivity contribution in [2.24, 2.45) is 0 Å². The molecule has 7 heteroatoms. The SMILES string of the molecule is CCC(O)CCNc1nc(NC)nc(N2CCCC2)n1. The van der Waals surface area contributed by atoms with Gasteiger partial charge in [0, 0.05) is 26.7 Å². The highest BCUT2D eigenvalue weighted by Crippen LogP contribution is 2.18. The summed E-state index contributed by atoms with van der Waals surface area (Å²) in [5, 5.41) is 15.7. The van der Waals surface area contributed by atoms with Crippen LogP contribution in [0, 0.1) is 0 Å². The molecule has 0 spiro atoms. The molecule has 0 radical (unpaired) electrons. The number of anilines is 3. The Morgan fingerprint density at radius 2 is 1.90 bits per heavy atom. The molecular formula is C13H24N6O. The third-order valence-corrected chi connectivity index (χ3v) is 3.47. The Balaban J connectivity index is 2.01. The molecule has 0 amide bonds. The summed E-state index contributed by atoms with van der Waals surface area (Å²) in [6, 6.07) is 0. The number of hydrogen-bond acceptors (Lipinski definition) is 7. The van der Waals surface area contributed by atoms with Gasteiger partial charge in [0.2, 0.25) is 17.8 Å². The smallest absolute Gasteiger partial charge is 0.231 e. The van der Waals surface area contributed by atoms with Gasteiger partial charge < -0.3 is 20.6 Å². The van der Waals surface area contributed by atoms with Gasteiger partial charge in [-0.1, -0.05) is 6.92 Å². The minimum Gasteiger partial charge on any atom is -0.393 e. The van der Waals surface area contributed by atoms with Gasteiger partial charge in [0.25, 0.3) is 0 Å². The molecule has 0 saturated carbocycles. The summed E-state index contributed by atoms with van der Waals surface area (Å²) in [7, 11) is 1.80. The van der Waals surface area contributed by atoms with Crippen LogP contribution in [0.2, 0.25) is 0 Å². The van der Waals surface area contributed by atoms with E-state index < -0.39 is 0 Å². The maximum absolute atomic E-state index is 9.55. The average Bonchev–Trinajstić information content (AvgIpc) is 3.01. The van der Waals surface area contributed by atoms with E-state index in [0.717, 1.165) is 25.5 Å². The molecular weight excluding hydrogens is 256 g/mol. The second-order valence-electron chi connectivity index (χ2n) is 5.00. The lowest BCUT2D eigenvalue weighted by atomic mass is 10.2. The molecule has 0 bridgehead atoms. The van der Waals surface area contributed by atoms with E-state index >= 15 is 0 Å². The summed E-state index contributed by atoms with van der Waals surface area (Å²) in [6.07, 6.45) is 3.56. The number of aliphatic hydroxyl groups is 1. The molecule has 3 N–H and O–H groups in total. The van der Waals surface area contributed by atoms with Gasteiger partial charge >= 0.3 is 0 Å². The van der Waals surface area contributed by atoms with Gasteiger partial charge in [-0.15, -0.1) is 0 Å². The van der Waals surface area contributed by atoms with E-state index in [-0.39, 0.29) is 6.10 Å². The van der Waals surface area contributed by atoms with Crippen LogP contribution >= 0.6 is 0 Å². The van der Waals surface area contributed by atoms with E-state index in [4.69, 9.17) is 0 Å². The second kappa shape index (κ2) is 7.23. The molecule has 1 aromatic rings. The van der Waals surface area contributed by atoms with E-state index in [2.05, 4.69) is 30.5 Å². The molecule has 1 aliphatic rings. The molecule has 1 saturated heterocycles. The Labute approximate surface area is 119 Å². The van der Waals surface area contributed by atoms with Crippen molar-refractivity contribution in [1.82, 2.24) is 15.0 Å². The Hall–Kier alpha value is -1.63. The van der Waals surface area contributed by atoms with Crippen LogP contribution in [0.5, 0.6) is 0 Å². The molecule has 1 aromatic heterocycles. The van der Waals surface area contributed by atoms with Crippen molar-refractivity contribution in [3.05, 3.63) is 0 Å². The van der Waals surface area contributed by atoms with Crippen LogP contribution in [0.3, 0.4) is 0 Å². The minimum absolute atomic E-state index is 0.272. The fourth-order valence-corrected chi connectivity index (χ4v) is 2.17. The van der Waals surface area contributed by atoms with Gasteiger partial charge in [-0.25, -0.2) is 0 Å². The number of nitrogens with one attached hydrogen (secondary N) is 2. The summed E-state index contributed by atoms with van der Waals surface area (Å²) in [6.45, 7) is 4.63. The Kier molecular flexibility index (Phi) is 5.34. The molecule has 1 fully saturated rings. The van der Waals surface area contributed by atoms with Crippen LogP contribution in [0.4, 0.5) is 17.8 Å². The van der Waals surface area contributed by atoms with E-state index in [1.54, 1.807) is 7.05 Å². The van der Waals surface area contributed by atoms with Gasteiger partial charge in [0.05, 0.1) is 6.10 Å². The molecule has 2 heterocycles. The summed E-state index contributed by atoms with van der Waals surface area (Å²) >= 11 is 0. The van der Waals surface area contributed by atoms with Crippen LogP contribution in [0.15, 0.2) is 0 Å². The maximum atomic E-state index is 9.55. The molecule has 0 aromatic carbocycles. The Morgan fingerprint density at radius 1 is 1.20 bits per heavy atom. The van der Waals surface area contributed by atoms with E-state index in [1.165, 1.54) is 12.8 Å². The van der Waals surface area contributed by atoms with Gasteiger partial charge in [-0.3, -0.25) is 0 Å². The summed E-state index contributed by atoms with van der Waals surface area (Å²) in [5.41, 5.74) is 0. The van der Waals surface area contributed by atoms with Crippen molar-refractivity contribution >= 4 is 17.8 Å². The van der Waals surface area contributed by atoms with Crippen LogP contribution in [-0.2, 0) is 0 Å². The number of nitrogens with zero attached hydrogens (tertiary/aromatic N) is 4. The highest BCUT2D eigenvalue weighted by atomic mass is 16.3. The topological polar surface area (TPSA) is 86.2 Å². The monoisotopic (exact) mass is 280 g/mol. The van der Waals surface area contributed by atoms with Gasteiger partial charge in [-0.2, -0.15) is 15.0 Å². The Bertz CT molecular complexity index is 421. The first-order valence-electron chi connectivity index (χ1n) is 7.33. The highest BCUT2D eigenvalue weighted by Gasteiger charge is 2.17. The lowest BCUT2D eigenvalue weighted by Gasteiger charge is -2.17. The lowest BCUT2D eigenvalue weighted by Crippen LogP contribution is -2.22. The van der Waals surface area contributed by atoms with Gasteiger partial charge in [0.15, 0.2) is 0 Å². The molecule has 0 aliphatic carbocycles. The van der Waals surface area contributed by atoms with Gasteiger partial charge in [-0.05, 0) is 25.7 Å². The Morgan fingerprint density at radius 3 is 2.55 bits per heavy atom. The standard InChI is InChI=1S/C13H24N6O/c1-3-10(20)6-7-15-12-16-11(14-2)17-13(18-12)19-8-4-5-9-19/h10,20H,3-9H2,1-2H3,(H2,14,15,16,17,18). The summed E-state index contributed by atoms with van der Waals surface area (Å²) in [4.78, 5) is 15.3. The molecule has 20 heavy (non-hydrogen) atoms. The number of rotatable bonds is 7. The molecule has 1 unspecified atom stereocenters. The van der Waals surface area contributed by atoms with Crippen molar-refractivity contribution in [1.29, 1.82) is 0 Å². The molecule has 1 atom stereocenters. The predicted molar refractivity (Wildman–Crippen MR) is 80.2 cm³/mol. The summed E-state index contributed by atoms with van der Waals surface area (Å²) < 4.78 is 0. The van der Waals surface area contributed by atoms with Gasteiger partial charge in [0.1, 0.15) is 0 Å². The average molecular weight is 280 g/mol. The zero-order chi connectivity index (χ0) is 14.4. The largest absolute Gasteiger partial charge is 0.393 e. The van der Waals surface area contributed by atoms with E-state index in [9.17, 15) is 5.11 Å². The quantitative estimate of drug-likeness (QED) is 0.689. The predicted octanol–water partition coefficient (Wildman–Crippen LogP) is 1.09. The first-order valence-corrected chi connectivity index (χ1v) is 7.33. The first-order chi connectivity index (χ1) is 9.72. The lowest BCUT2D eigenvalue weighted by molar-refractivity contribution is 0.164. The first kappa shape index (κ1) is 14.8. The van der Waals surface area contributed by atoms with Crippen molar-refractivity contribution < 1.29 is 5.11 Å². The fraction of sp³-hybridized carbons (Fsp3) is 0.769. The molecule has 1 aliphatic heterocycles. The van der Waals surface area contributed by atoms with E-state index in [0.29, 0.717) is 24.9 Å². The normalized spacial score (nSPS) is 16.2. The van der Waals surface area contributed by atoms with Crippen molar-refractivity contribution in [3.8, 4) is 0 Å². The number of aliphatic hydroxyl groups excluding tert-OH is 1. The van der Waals surface area contributed by atoms with Crippen molar-refractivity contribution in [2.45, 2.75) is 38.7 Å². The van der Waals surface area contributed by atoms with E-state index in [1.807, 2.05) is 6.92 Å². The third kappa shape index (κ3) is 3.93. The molecule has 7 nitrogen and oxygen atoms in total. The number of hydrogen-bond donors (Lipinski definition) is 3. The highest BCUT2D eigenvalue weighted by molar-refractivity contribution is 5.44. The second-order valence-corrected chi connectivity index (χ2v) is 5.00. The third-order valence-electron chi connectivity index (χ3n) is 3.47. The molecule has 2 rings (SSSR count). The fourth-order valence-electron chi connectivity index (χ4n) is 2.17. The number of aromatic nitrogens is 3. The zero-order valence-corrected chi connectivity index (χ0v) is 12.3. The zero-order valence-electron chi connectivity index (χ0n) is 12.3. The van der Waals surface area contributed by atoms with Crippen molar-refractivity contribution in [2.75, 3.05) is 42.2 Å².